The van der Waals surface area contributed by atoms with E-state index in [1.807, 2.05) is 13.8 Å². The monoisotopic (exact) mass is 239 g/mol. The zero-order valence-electron chi connectivity index (χ0n) is 10.5. The number of carbonyl (C=O) groups excluding carboxylic acids is 2. The van der Waals surface area contributed by atoms with Crippen LogP contribution in [0.2, 0.25) is 0 Å². The Labute approximate surface area is 100 Å². The lowest BCUT2D eigenvalue weighted by Crippen LogP contribution is -2.08. The van der Waals surface area contributed by atoms with Gasteiger partial charge in [0.05, 0.1) is 19.8 Å². The Morgan fingerprint density at radius 2 is 1.65 bits per heavy atom. The number of ether oxygens (including phenoxy) is 2. The highest BCUT2D eigenvalue weighted by Crippen LogP contribution is 2.22. The van der Waals surface area contributed by atoms with Crippen LogP contribution in [-0.4, -0.2) is 31.1 Å². The molecule has 0 atom stereocenters. The van der Waals surface area contributed by atoms with E-state index in [0.29, 0.717) is 35.4 Å². The zero-order valence-corrected chi connectivity index (χ0v) is 10.5. The van der Waals surface area contributed by atoms with E-state index in [1.165, 1.54) is 14.2 Å². The summed E-state index contributed by atoms with van der Waals surface area (Å²) in [4.78, 5) is 26.2. The maximum atomic E-state index is 11.7. The smallest absolute Gasteiger partial charge is 0.354 e. The molecule has 17 heavy (non-hydrogen) atoms. The molecule has 94 valence electrons. The van der Waals surface area contributed by atoms with Gasteiger partial charge in [-0.1, -0.05) is 13.8 Å². The van der Waals surface area contributed by atoms with Crippen LogP contribution in [0.5, 0.6) is 0 Å². The number of carbonyl (C=O) groups is 2. The maximum Gasteiger partial charge on any atom is 0.354 e. The molecule has 0 aliphatic rings. The SMILES string of the molecule is CCc1[nH]c(C(=O)OC)c(CC)c1C(=O)OC. The molecule has 0 aliphatic heterocycles. The summed E-state index contributed by atoms with van der Waals surface area (Å²) in [6.45, 7) is 3.78. The fourth-order valence-electron chi connectivity index (χ4n) is 1.84. The first-order valence-corrected chi connectivity index (χ1v) is 5.50. The summed E-state index contributed by atoms with van der Waals surface area (Å²) in [6.07, 6.45) is 1.18. The lowest BCUT2D eigenvalue weighted by Gasteiger charge is -2.03. The van der Waals surface area contributed by atoms with Crippen molar-refractivity contribution in [3.63, 3.8) is 0 Å². The number of H-pyrrole nitrogens is 1. The Balaban J connectivity index is 3.40. The third-order valence-corrected chi connectivity index (χ3v) is 2.67. The second-order valence-electron chi connectivity index (χ2n) is 3.52. The Morgan fingerprint density at radius 1 is 1.06 bits per heavy atom. The first kappa shape index (κ1) is 13.3. The quantitative estimate of drug-likeness (QED) is 0.812. The van der Waals surface area contributed by atoms with Gasteiger partial charge in [0.25, 0.3) is 0 Å². The fourth-order valence-corrected chi connectivity index (χ4v) is 1.84. The van der Waals surface area contributed by atoms with Gasteiger partial charge in [-0.15, -0.1) is 0 Å². The molecule has 5 heteroatoms. The van der Waals surface area contributed by atoms with Crippen molar-refractivity contribution in [3.05, 3.63) is 22.5 Å². The van der Waals surface area contributed by atoms with Crippen molar-refractivity contribution in [2.45, 2.75) is 26.7 Å². The summed E-state index contributed by atoms with van der Waals surface area (Å²) >= 11 is 0. The first-order valence-electron chi connectivity index (χ1n) is 5.50. The summed E-state index contributed by atoms with van der Waals surface area (Å²) in [6, 6.07) is 0. The largest absolute Gasteiger partial charge is 0.465 e. The Morgan fingerprint density at radius 3 is 2.06 bits per heavy atom. The van der Waals surface area contributed by atoms with Crippen LogP contribution >= 0.6 is 0 Å². The van der Waals surface area contributed by atoms with Crippen LogP contribution in [0, 0.1) is 0 Å². The number of methoxy groups -OCH3 is 2. The average Bonchev–Trinajstić information content (AvgIpc) is 2.75. The van der Waals surface area contributed by atoms with Crippen LogP contribution in [0.3, 0.4) is 0 Å². The molecule has 1 aromatic rings. The molecule has 0 saturated heterocycles. The summed E-state index contributed by atoms with van der Waals surface area (Å²) in [7, 11) is 2.64. The molecule has 1 N–H and O–H groups in total. The van der Waals surface area contributed by atoms with Gasteiger partial charge in [-0.05, 0) is 18.4 Å². The van der Waals surface area contributed by atoms with E-state index in [0.717, 1.165) is 0 Å². The molecule has 5 nitrogen and oxygen atoms in total. The van der Waals surface area contributed by atoms with Crippen LogP contribution in [0.15, 0.2) is 0 Å². The highest BCUT2D eigenvalue weighted by atomic mass is 16.5. The van der Waals surface area contributed by atoms with E-state index in [-0.39, 0.29) is 0 Å². The average molecular weight is 239 g/mol. The molecule has 0 fully saturated rings. The molecular weight excluding hydrogens is 222 g/mol. The van der Waals surface area contributed by atoms with Gasteiger partial charge in [0.15, 0.2) is 0 Å². The number of aryl methyl sites for hydroxylation is 1. The molecule has 0 saturated carbocycles. The number of esters is 2. The van der Waals surface area contributed by atoms with Crippen LogP contribution in [-0.2, 0) is 22.3 Å². The topological polar surface area (TPSA) is 68.4 Å². The molecule has 1 rings (SSSR count). The molecule has 0 spiro atoms. The first-order chi connectivity index (χ1) is 8.10. The van der Waals surface area contributed by atoms with Gasteiger partial charge in [-0.25, -0.2) is 9.59 Å². The van der Waals surface area contributed by atoms with Gasteiger partial charge in [-0.2, -0.15) is 0 Å². The second kappa shape index (κ2) is 5.52. The van der Waals surface area contributed by atoms with Crippen molar-refractivity contribution in [1.29, 1.82) is 0 Å². The van der Waals surface area contributed by atoms with Crippen molar-refractivity contribution >= 4 is 11.9 Å². The number of rotatable bonds is 4. The molecule has 1 aromatic heterocycles. The van der Waals surface area contributed by atoms with Gasteiger partial charge >= 0.3 is 11.9 Å². The lowest BCUT2D eigenvalue weighted by molar-refractivity contribution is 0.0592. The lowest BCUT2D eigenvalue weighted by atomic mass is 10.1. The van der Waals surface area contributed by atoms with Gasteiger partial charge < -0.3 is 14.5 Å². The van der Waals surface area contributed by atoms with E-state index in [9.17, 15) is 9.59 Å². The predicted molar refractivity (Wildman–Crippen MR) is 62.2 cm³/mol. The number of nitrogens with one attached hydrogen (secondary N) is 1. The Bertz CT molecular complexity index is 434. The van der Waals surface area contributed by atoms with Crippen LogP contribution in [0.25, 0.3) is 0 Å². The highest BCUT2D eigenvalue weighted by molar-refractivity contribution is 5.98. The second-order valence-corrected chi connectivity index (χ2v) is 3.52. The normalized spacial score (nSPS) is 10.1. The highest BCUT2D eigenvalue weighted by Gasteiger charge is 2.25. The van der Waals surface area contributed by atoms with E-state index >= 15 is 0 Å². The Hall–Kier alpha value is -1.78. The minimum atomic E-state index is -0.466. The summed E-state index contributed by atoms with van der Waals surface area (Å²) in [5.41, 5.74) is 2.15. The molecule has 0 bridgehead atoms. The van der Waals surface area contributed by atoms with E-state index < -0.39 is 11.9 Å². The van der Waals surface area contributed by atoms with E-state index in [1.54, 1.807) is 0 Å². The zero-order chi connectivity index (χ0) is 13.0. The minimum absolute atomic E-state index is 0.340. The molecule has 1 heterocycles. The van der Waals surface area contributed by atoms with Crippen molar-refractivity contribution in [1.82, 2.24) is 4.98 Å². The standard InChI is InChI=1S/C12H17NO4/c1-5-7-9(11(14)16-3)8(6-2)13-10(7)12(15)17-4/h13H,5-6H2,1-4H3. The number of hydrogen-bond donors (Lipinski definition) is 1. The molecule has 0 aliphatic carbocycles. The Kier molecular flexibility index (Phi) is 4.31. The minimum Gasteiger partial charge on any atom is -0.465 e. The third kappa shape index (κ3) is 2.33. The maximum absolute atomic E-state index is 11.7. The van der Waals surface area contributed by atoms with Crippen molar-refractivity contribution < 1.29 is 19.1 Å². The van der Waals surface area contributed by atoms with Gasteiger partial charge in [0.2, 0.25) is 0 Å². The summed E-state index contributed by atoms with van der Waals surface area (Å²) in [5.74, 6) is -0.892. The van der Waals surface area contributed by atoms with E-state index in [4.69, 9.17) is 4.74 Å². The predicted octanol–water partition coefficient (Wildman–Crippen LogP) is 1.71. The number of aromatic nitrogens is 1. The van der Waals surface area contributed by atoms with Gasteiger partial charge in [-0.3, -0.25) is 0 Å². The van der Waals surface area contributed by atoms with Crippen LogP contribution < -0.4 is 0 Å². The van der Waals surface area contributed by atoms with Crippen molar-refractivity contribution in [3.8, 4) is 0 Å². The molecule has 0 unspecified atom stereocenters. The summed E-state index contributed by atoms with van der Waals surface area (Å²) in [5, 5.41) is 0. The summed E-state index contributed by atoms with van der Waals surface area (Å²) < 4.78 is 9.42. The molecule has 0 aromatic carbocycles. The molecule has 0 radical (unpaired) electrons. The third-order valence-electron chi connectivity index (χ3n) is 2.67. The van der Waals surface area contributed by atoms with Gasteiger partial charge in [0.1, 0.15) is 5.69 Å². The molecule has 0 amide bonds. The van der Waals surface area contributed by atoms with E-state index in [2.05, 4.69) is 9.72 Å². The van der Waals surface area contributed by atoms with Crippen LogP contribution in [0.4, 0.5) is 0 Å². The van der Waals surface area contributed by atoms with Crippen molar-refractivity contribution in [2.75, 3.05) is 14.2 Å². The van der Waals surface area contributed by atoms with Gasteiger partial charge in [0, 0.05) is 5.69 Å². The van der Waals surface area contributed by atoms with Crippen LogP contribution in [0.1, 0.15) is 46.0 Å². The fraction of sp³-hybridized carbons (Fsp3) is 0.500. The number of hydrogen-bond acceptors (Lipinski definition) is 4. The number of aromatic amines is 1. The van der Waals surface area contributed by atoms with Crippen molar-refractivity contribution in [2.24, 2.45) is 0 Å². The molecular formula is C12H17NO4.